The van der Waals surface area contributed by atoms with Crippen LogP contribution in [0.25, 0.3) is 11.5 Å². The van der Waals surface area contributed by atoms with Gasteiger partial charge in [-0.3, -0.25) is 9.55 Å². The van der Waals surface area contributed by atoms with E-state index in [1.807, 2.05) is 18.2 Å². The highest BCUT2D eigenvalue weighted by atomic mass is 16.2. The summed E-state index contributed by atoms with van der Waals surface area (Å²) in [5.74, 6) is 0.676. The predicted molar refractivity (Wildman–Crippen MR) is 59.0 cm³/mol. The Morgan fingerprint density at radius 2 is 2.19 bits per heavy atom. The molecule has 5 heteroatoms. The van der Waals surface area contributed by atoms with Crippen molar-refractivity contribution in [1.82, 2.24) is 19.3 Å². The summed E-state index contributed by atoms with van der Waals surface area (Å²) in [5.41, 5.74) is 0.704. The first-order chi connectivity index (χ1) is 7.77. The fourth-order valence-electron chi connectivity index (χ4n) is 1.81. The van der Waals surface area contributed by atoms with E-state index in [0.29, 0.717) is 11.9 Å². The molecule has 3 rings (SSSR count). The molecular weight excluding hydrogens is 204 g/mol. The van der Waals surface area contributed by atoms with E-state index in [1.165, 1.54) is 4.68 Å². The third-order valence-corrected chi connectivity index (χ3v) is 2.76. The maximum atomic E-state index is 11.9. The average Bonchev–Trinajstić information content (AvgIpc) is 3.09. The van der Waals surface area contributed by atoms with Gasteiger partial charge in [0.05, 0.1) is 0 Å². The van der Waals surface area contributed by atoms with Crippen LogP contribution in [0.15, 0.2) is 29.2 Å². The Bertz CT molecular complexity index is 565. The lowest BCUT2D eigenvalue weighted by molar-refractivity contribution is 0.667. The minimum Gasteiger partial charge on any atom is -0.271 e. The van der Waals surface area contributed by atoms with E-state index in [9.17, 15) is 4.79 Å². The van der Waals surface area contributed by atoms with Crippen LogP contribution in [0, 0.1) is 0 Å². The first-order valence-corrected chi connectivity index (χ1v) is 5.34. The van der Waals surface area contributed by atoms with Crippen LogP contribution >= 0.6 is 0 Å². The highest BCUT2D eigenvalue weighted by Gasteiger charge is 2.30. The zero-order valence-electron chi connectivity index (χ0n) is 9.00. The van der Waals surface area contributed by atoms with Gasteiger partial charge in [-0.25, -0.2) is 9.48 Å². The maximum Gasteiger partial charge on any atom is 0.346 e. The molecule has 0 N–H and O–H groups in total. The number of nitrogens with zero attached hydrogens (tertiary/aromatic N) is 4. The molecular formula is C11H12N4O. The zero-order valence-corrected chi connectivity index (χ0v) is 9.00. The first-order valence-electron chi connectivity index (χ1n) is 5.34. The molecule has 1 aliphatic rings. The molecule has 1 aliphatic carbocycles. The normalized spacial score (nSPS) is 15.3. The Labute approximate surface area is 92.4 Å². The van der Waals surface area contributed by atoms with Gasteiger partial charge in [0.25, 0.3) is 0 Å². The largest absolute Gasteiger partial charge is 0.346 e. The van der Waals surface area contributed by atoms with Gasteiger partial charge in [0.1, 0.15) is 5.69 Å². The molecule has 0 spiro atoms. The number of hydrogen-bond donors (Lipinski definition) is 0. The van der Waals surface area contributed by atoms with Crippen molar-refractivity contribution in [1.29, 1.82) is 0 Å². The quantitative estimate of drug-likeness (QED) is 0.751. The van der Waals surface area contributed by atoms with Crippen LogP contribution < -0.4 is 5.69 Å². The molecule has 2 aromatic rings. The molecule has 0 amide bonds. The van der Waals surface area contributed by atoms with Crippen molar-refractivity contribution in [2.45, 2.75) is 18.9 Å². The molecule has 0 aromatic carbocycles. The van der Waals surface area contributed by atoms with Crippen LogP contribution in [0.5, 0.6) is 0 Å². The lowest BCUT2D eigenvalue weighted by Crippen LogP contribution is -2.22. The summed E-state index contributed by atoms with van der Waals surface area (Å²) in [7, 11) is 1.67. The highest BCUT2D eigenvalue weighted by Crippen LogP contribution is 2.35. The van der Waals surface area contributed by atoms with Crippen LogP contribution in [-0.4, -0.2) is 19.3 Å². The summed E-state index contributed by atoms with van der Waals surface area (Å²) in [5, 5.41) is 4.25. The van der Waals surface area contributed by atoms with Gasteiger partial charge in [0.2, 0.25) is 0 Å². The van der Waals surface area contributed by atoms with E-state index in [2.05, 4.69) is 10.1 Å². The topological polar surface area (TPSA) is 52.7 Å². The van der Waals surface area contributed by atoms with Gasteiger partial charge in [-0.2, -0.15) is 0 Å². The molecule has 0 atom stereocenters. The van der Waals surface area contributed by atoms with Gasteiger partial charge < -0.3 is 0 Å². The fraction of sp³-hybridized carbons (Fsp3) is 0.364. The molecule has 0 radical (unpaired) electrons. The fourth-order valence-corrected chi connectivity index (χ4v) is 1.81. The van der Waals surface area contributed by atoms with Crippen molar-refractivity contribution in [3.63, 3.8) is 0 Å². The lowest BCUT2D eigenvalue weighted by Gasteiger charge is -2.01. The molecule has 5 nitrogen and oxygen atoms in total. The first kappa shape index (κ1) is 9.33. The number of pyridine rings is 1. The molecule has 0 saturated heterocycles. The molecule has 0 aliphatic heterocycles. The summed E-state index contributed by atoms with van der Waals surface area (Å²) in [4.78, 5) is 16.1. The van der Waals surface area contributed by atoms with Crippen LogP contribution in [0.1, 0.15) is 18.9 Å². The molecule has 82 valence electrons. The van der Waals surface area contributed by atoms with Gasteiger partial charge in [0.15, 0.2) is 5.82 Å². The van der Waals surface area contributed by atoms with Crippen LogP contribution in [0.2, 0.25) is 0 Å². The van der Waals surface area contributed by atoms with Gasteiger partial charge in [-0.15, -0.1) is 5.10 Å². The summed E-state index contributed by atoms with van der Waals surface area (Å²) in [6, 6.07) is 5.95. The Morgan fingerprint density at radius 3 is 2.81 bits per heavy atom. The van der Waals surface area contributed by atoms with Crippen molar-refractivity contribution >= 4 is 0 Å². The van der Waals surface area contributed by atoms with Crippen LogP contribution in [0.4, 0.5) is 0 Å². The third-order valence-electron chi connectivity index (χ3n) is 2.76. The monoisotopic (exact) mass is 216 g/mol. The SMILES string of the molecule is Cn1nc(-c2ccccn2)n(C2CC2)c1=O. The second-order valence-corrected chi connectivity index (χ2v) is 4.05. The number of hydrogen-bond acceptors (Lipinski definition) is 3. The standard InChI is InChI=1S/C11H12N4O/c1-14-11(16)15(8-5-6-8)10(13-14)9-4-2-3-7-12-9/h2-4,7-8H,5-6H2,1H3. The van der Waals surface area contributed by atoms with Gasteiger partial charge >= 0.3 is 5.69 Å². The summed E-state index contributed by atoms with van der Waals surface area (Å²) >= 11 is 0. The van der Waals surface area contributed by atoms with Crippen molar-refractivity contribution in [3.8, 4) is 11.5 Å². The summed E-state index contributed by atoms with van der Waals surface area (Å²) in [6.07, 6.45) is 3.84. The van der Waals surface area contributed by atoms with E-state index >= 15 is 0 Å². The number of aryl methyl sites for hydroxylation is 1. The van der Waals surface area contributed by atoms with E-state index in [4.69, 9.17) is 0 Å². The Balaban J connectivity index is 2.21. The third kappa shape index (κ3) is 1.36. The van der Waals surface area contributed by atoms with Crippen molar-refractivity contribution in [3.05, 3.63) is 34.9 Å². The van der Waals surface area contributed by atoms with Crippen molar-refractivity contribution < 1.29 is 0 Å². The van der Waals surface area contributed by atoms with Crippen LogP contribution in [-0.2, 0) is 7.05 Å². The molecule has 16 heavy (non-hydrogen) atoms. The van der Waals surface area contributed by atoms with Crippen molar-refractivity contribution in [2.24, 2.45) is 7.05 Å². The minimum atomic E-state index is -0.0526. The number of aromatic nitrogens is 4. The van der Waals surface area contributed by atoms with E-state index in [1.54, 1.807) is 17.8 Å². The summed E-state index contributed by atoms with van der Waals surface area (Å²) < 4.78 is 3.13. The highest BCUT2D eigenvalue weighted by molar-refractivity contribution is 5.48. The summed E-state index contributed by atoms with van der Waals surface area (Å²) in [6.45, 7) is 0. The van der Waals surface area contributed by atoms with Crippen LogP contribution in [0.3, 0.4) is 0 Å². The maximum absolute atomic E-state index is 11.9. The number of rotatable bonds is 2. The smallest absolute Gasteiger partial charge is 0.271 e. The Morgan fingerprint density at radius 1 is 1.38 bits per heavy atom. The van der Waals surface area contributed by atoms with Gasteiger partial charge in [-0.1, -0.05) is 6.07 Å². The molecule has 0 unspecified atom stereocenters. The molecule has 2 aromatic heterocycles. The second kappa shape index (κ2) is 3.30. The molecule has 1 saturated carbocycles. The second-order valence-electron chi connectivity index (χ2n) is 4.05. The minimum absolute atomic E-state index is 0.0526. The zero-order chi connectivity index (χ0) is 11.1. The predicted octanol–water partition coefficient (Wildman–Crippen LogP) is 0.979. The van der Waals surface area contributed by atoms with E-state index in [-0.39, 0.29) is 5.69 Å². The van der Waals surface area contributed by atoms with Gasteiger partial charge in [0, 0.05) is 19.3 Å². The lowest BCUT2D eigenvalue weighted by atomic mass is 10.3. The van der Waals surface area contributed by atoms with E-state index in [0.717, 1.165) is 18.5 Å². The Kier molecular flexibility index (Phi) is 1.92. The molecule has 2 heterocycles. The Hall–Kier alpha value is -1.91. The van der Waals surface area contributed by atoms with E-state index < -0.39 is 0 Å². The molecule has 1 fully saturated rings. The van der Waals surface area contributed by atoms with Crippen molar-refractivity contribution in [2.75, 3.05) is 0 Å². The average molecular weight is 216 g/mol. The van der Waals surface area contributed by atoms with Gasteiger partial charge in [-0.05, 0) is 25.0 Å². The molecule has 0 bridgehead atoms.